The first kappa shape index (κ1) is 12.6. The molecule has 0 fully saturated rings. The van der Waals surface area contributed by atoms with Gasteiger partial charge in [0.1, 0.15) is 11.7 Å². The van der Waals surface area contributed by atoms with Crippen molar-refractivity contribution in [1.29, 1.82) is 0 Å². The molecule has 0 bridgehead atoms. The molecule has 3 rings (SSSR count). The number of likely N-dealkylation sites (N-methyl/N-ethyl adjacent to an activating group) is 1. The van der Waals surface area contributed by atoms with E-state index in [-0.39, 0.29) is 12.5 Å². The molecule has 2 aliphatic heterocycles. The summed E-state index contributed by atoms with van der Waals surface area (Å²) in [6.45, 7) is 1.30. The number of hydrogen-bond acceptors (Lipinski definition) is 5. The zero-order valence-electron chi connectivity index (χ0n) is 11.1. The van der Waals surface area contributed by atoms with Gasteiger partial charge in [0.25, 0.3) is 5.91 Å². The van der Waals surface area contributed by atoms with E-state index in [4.69, 9.17) is 4.74 Å². The summed E-state index contributed by atoms with van der Waals surface area (Å²) in [7, 11) is 1.52. The number of amides is 1. The fourth-order valence-electron chi connectivity index (χ4n) is 2.96. The van der Waals surface area contributed by atoms with Gasteiger partial charge >= 0.3 is 0 Å². The van der Waals surface area contributed by atoms with Gasteiger partial charge in [-0.25, -0.2) is 5.01 Å². The largest absolute Gasteiger partial charge is 0.470 e. The van der Waals surface area contributed by atoms with Gasteiger partial charge in [-0.15, -0.1) is 0 Å². The number of hydrazone groups is 1. The number of para-hydroxylation sites is 1. The van der Waals surface area contributed by atoms with E-state index in [1.54, 1.807) is 31.2 Å². The number of ether oxygens (including phenoxy) is 1. The first-order valence-corrected chi connectivity index (χ1v) is 6.20. The van der Waals surface area contributed by atoms with Crippen molar-refractivity contribution in [2.24, 2.45) is 5.10 Å². The van der Waals surface area contributed by atoms with Crippen molar-refractivity contribution in [2.45, 2.75) is 18.4 Å². The molecule has 104 valence electrons. The fourth-order valence-corrected chi connectivity index (χ4v) is 2.96. The van der Waals surface area contributed by atoms with Crippen LogP contribution in [0.3, 0.4) is 0 Å². The number of hydrogen-bond donors (Lipinski definition) is 0. The van der Waals surface area contributed by atoms with E-state index in [1.165, 1.54) is 12.1 Å². The Morgan fingerprint density at radius 1 is 1.50 bits per heavy atom. The lowest BCUT2D eigenvalue weighted by molar-refractivity contribution is -0.484. The van der Waals surface area contributed by atoms with Gasteiger partial charge in [-0.1, -0.05) is 18.2 Å². The Bertz CT molecular complexity index is 642. The van der Waals surface area contributed by atoms with Crippen molar-refractivity contribution in [2.75, 3.05) is 13.6 Å². The van der Waals surface area contributed by atoms with Crippen molar-refractivity contribution in [3.05, 3.63) is 39.9 Å². The molecular formula is C13H13N3O4. The highest BCUT2D eigenvalue weighted by Gasteiger charge is 2.62. The summed E-state index contributed by atoms with van der Waals surface area (Å²) in [6, 6.07) is 7.04. The van der Waals surface area contributed by atoms with Crippen LogP contribution in [0.15, 0.2) is 29.4 Å². The van der Waals surface area contributed by atoms with E-state index >= 15 is 0 Å². The van der Waals surface area contributed by atoms with Crippen LogP contribution in [0.4, 0.5) is 0 Å². The van der Waals surface area contributed by atoms with Crippen molar-refractivity contribution in [3.63, 3.8) is 0 Å². The molecule has 0 radical (unpaired) electrons. The molecule has 0 unspecified atom stereocenters. The summed E-state index contributed by atoms with van der Waals surface area (Å²) in [5.74, 6) is -0.509. The number of benzene rings is 1. The molecule has 2 heterocycles. The Labute approximate surface area is 115 Å². The highest BCUT2D eigenvalue weighted by Crippen LogP contribution is 2.48. The fraction of sp³-hybridized carbons (Fsp3) is 0.385. The van der Waals surface area contributed by atoms with Crippen LogP contribution in [0.25, 0.3) is 0 Å². The molecule has 20 heavy (non-hydrogen) atoms. The molecule has 1 aromatic rings. The number of carbonyl (C=O) groups is 1. The van der Waals surface area contributed by atoms with Crippen LogP contribution in [0.5, 0.6) is 5.75 Å². The average Bonchev–Trinajstić information content (AvgIpc) is 2.82. The third-order valence-electron chi connectivity index (χ3n) is 3.84. The molecule has 2 atom stereocenters. The van der Waals surface area contributed by atoms with E-state index in [9.17, 15) is 14.9 Å². The molecule has 0 saturated heterocycles. The van der Waals surface area contributed by atoms with Crippen LogP contribution < -0.4 is 4.74 Å². The summed E-state index contributed by atoms with van der Waals surface area (Å²) in [4.78, 5) is 23.0. The van der Waals surface area contributed by atoms with Gasteiger partial charge in [-0.05, 0) is 13.0 Å². The number of carbonyl (C=O) groups excluding carboxylic acids is 1. The van der Waals surface area contributed by atoms with E-state index in [1.807, 2.05) is 0 Å². The minimum Gasteiger partial charge on any atom is -0.470 e. The summed E-state index contributed by atoms with van der Waals surface area (Å²) < 4.78 is 5.84. The number of fused-ring (bicyclic) bond motifs is 1. The minimum absolute atomic E-state index is 0.363. The zero-order chi connectivity index (χ0) is 14.5. The summed E-state index contributed by atoms with van der Waals surface area (Å²) in [5, 5.41) is 16.3. The maximum atomic E-state index is 12.5. The quantitative estimate of drug-likeness (QED) is 0.596. The Kier molecular flexibility index (Phi) is 2.53. The maximum absolute atomic E-state index is 12.5. The predicted octanol–water partition coefficient (Wildman–Crippen LogP) is 1.03. The lowest BCUT2D eigenvalue weighted by Crippen LogP contribution is -2.53. The molecule has 0 N–H and O–H groups in total. The summed E-state index contributed by atoms with van der Waals surface area (Å²) >= 11 is 0. The Morgan fingerprint density at radius 2 is 2.20 bits per heavy atom. The Morgan fingerprint density at radius 3 is 2.80 bits per heavy atom. The average molecular weight is 275 g/mol. The van der Waals surface area contributed by atoms with Gasteiger partial charge in [0.05, 0.1) is 5.71 Å². The van der Waals surface area contributed by atoms with Gasteiger partial charge in [-0.2, -0.15) is 5.10 Å². The second-order valence-electron chi connectivity index (χ2n) is 4.96. The number of nitro groups is 1. The van der Waals surface area contributed by atoms with Gasteiger partial charge in [0.2, 0.25) is 12.1 Å². The first-order chi connectivity index (χ1) is 9.46. The monoisotopic (exact) mass is 275 g/mol. The van der Waals surface area contributed by atoms with Crippen LogP contribution in [0, 0.1) is 10.1 Å². The Hall–Kier alpha value is -2.44. The third-order valence-corrected chi connectivity index (χ3v) is 3.84. The van der Waals surface area contributed by atoms with Gasteiger partial charge in [-0.3, -0.25) is 14.9 Å². The van der Waals surface area contributed by atoms with Crippen LogP contribution >= 0.6 is 0 Å². The molecule has 1 spiro atoms. The normalized spacial score (nSPS) is 27.5. The van der Waals surface area contributed by atoms with E-state index in [0.29, 0.717) is 17.0 Å². The topological polar surface area (TPSA) is 85.0 Å². The van der Waals surface area contributed by atoms with Crippen LogP contribution in [0.1, 0.15) is 18.4 Å². The summed E-state index contributed by atoms with van der Waals surface area (Å²) in [6.07, 6.45) is 0. The van der Waals surface area contributed by atoms with Gasteiger partial charge in [0.15, 0.2) is 0 Å². The number of rotatable bonds is 2. The molecule has 7 heteroatoms. The van der Waals surface area contributed by atoms with E-state index in [0.717, 1.165) is 0 Å². The molecule has 7 nitrogen and oxygen atoms in total. The van der Waals surface area contributed by atoms with E-state index < -0.39 is 16.4 Å². The predicted molar refractivity (Wildman–Crippen MR) is 70.3 cm³/mol. The van der Waals surface area contributed by atoms with Crippen molar-refractivity contribution >= 4 is 11.6 Å². The third kappa shape index (κ3) is 1.46. The Balaban J connectivity index is 2.15. The second-order valence-corrected chi connectivity index (χ2v) is 4.96. The molecule has 0 aromatic heterocycles. The maximum Gasteiger partial charge on any atom is 0.293 e. The number of nitrogens with zero attached hydrogens (tertiary/aromatic N) is 3. The molecule has 2 aliphatic rings. The highest BCUT2D eigenvalue weighted by molar-refractivity contribution is 6.16. The molecule has 0 saturated carbocycles. The van der Waals surface area contributed by atoms with Crippen LogP contribution in [-0.4, -0.2) is 40.7 Å². The smallest absolute Gasteiger partial charge is 0.293 e. The lowest BCUT2D eigenvalue weighted by Gasteiger charge is -2.26. The van der Waals surface area contributed by atoms with Gasteiger partial charge in [0, 0.05) is 17.5 Å². The van der Waals surface area contributed by atoms with Crippen LogP contribution in [-0.2, 0) is 4.79 Å². The highest BCUT2D eigenvalue weighted by atomic mass is 16.6. The minimum atomic E-state index is -1.37. The van der Waals surface area contributed by atoms with Crippen LogP contribution in [0.2, 0.25) is 0 Å². The van der Waals surface area contributed by atoms with Crippen molar-refractivity contribution < 1.29 is 14.5 Å². The van der Waals surface area contributed by atoms with E-state index in [2.05, 4.69) is 5.10 Å². The SMILES string of the molecule is CC1=NN(C)C(=O)[C@@]12Oc1ccccc1[C@@H]2C[N+](=O)[O-]. The lowest BCUT2D eigenvalue weighted by atomic mass is 9.81. The van der Waals surface area contributed by atoms with Crippen molar-refractivity contribution in [1.82, 2.24) is 5.01 Å². The standard InChI is InChI=1S/C13H13N3O4/c1-8-13(12(17)15(2)14-8)10(7-16(18)19)9-5-3-4-6-11(9)20-13/h3-6,10H,7H2,1-2H3/t10-,13+/m0/s1. The zero-order valence-corrected chi connectivity index (χ0v) is 11.1. The second kappa shape index (κ2) is 4.03. The van der Waals surface area contributed by atoms with Crippen molar-refractivity contribution in [3.8, 4) is 5.75 Å². The first-order valence-electron chi connectivity index (χ1n) is 6.20. The molecule has 1 aromatic carbocycles. The van der Waals surface area contributed by atoms with Gasteiger partial charge < -0.3 is 4.74 Å². The molecule has 1 amide bonds. The molecular weight excluding hydrogens is 262 g/mol. The summed E-state index contributed by atoms with van der Waals surface area (Å²) in [5.41, 5.74) is -0.235. The molecule has 0 aliphatic carbocycles.